The molecule has 1 aliphatic rings. The molecule has 106 valence electrons. The van der Waals surface area contributed by atoms with Gasteiger partial charge in [0.1, 0.15) is 5.82 Å². The Morgan fingerprint density at radius 3 is 2.42 bits per heavy atom. The first kappa shape index (κ1) is 14.6. The van der Waals surface area contributed by atoms with E-state index in [-0.39, 0.29) is 11.2 Å². The molecule has 0 aliphatic carbocycles. The van der Waals surface area contributed by atoms with Crippen molar-refractivity contribution in [2.24, 2.45) is 5.73 Å². The monoisotopic (exact) mass is 283 g/mol. The van der Waals surface area contributed by atoms with E-state index in [2.05, 4.69) is 37.6 Å². The van der Waals surface area contributed by atoms with Gasteiger partial charge in [-0.25, -0.2) is 4.98 Å². The fraction of sp³-hybridized carbons (Fsp3) is 0.643. The first-order valence-corrected chi connectivity index (χ1v) is 6.90. The molecule has 1 saturated heterocycles. The molecule has 0 bridgehead atoms. The van der Waals surface area contributed by atoms with Crippen molar-refractivity contribution in [3.63, 3.8) is 0 Å². The zero-order valence-electron chi connectivity index (χ0n) is 12.0. The second-order valence-electron chi connectivity index (χ2n) is 6.32. The van der Waals surface area contributed by atoms with Crippen molar-refractivity contribution in [3.8, 4) is 0 Å². The number of hydrogen-bond acceptors (Lipinski definition) is 4. The molecule has 5 heteroatoms. The maximum atomic E-state index is 6.07. The number of nitrogens with zero attached hydrogens (tertiary/aromatic N) is 2. The molecule has 1 aromatic heterocycles. The summed E-state index contributed by atoms with van der Waals surface area (Å²) in [6.07, 6.45) is 1.68. The van der Waals surface area contributed by atoms with Gasteiger partial charge in [-0.15, -0.1) is 0 Å². The molecule has 1 aliphatic heterocycles. The van der Waals surface area contributed by atoms with Gasteiger partial charge in [-0.1, -0.05) is 11.6 Å². The summed E-state index contributed by atoms with van der Waals surface area (Å²) in [4.78, 5) is 6.66. The quantitative estimate of drug-likeness (QED) is 0.906. The molecule has 0 aromatic carbocycles. The Morgan fingerprint density at radius 2 is 1.89 bits per heavy atom. The Balaban J connectivity index is 2.30. The predicted octanol–water partition coefficient (Wildman–Crippen LogP) is 2.59. The second-order valence-corrected chi connectivity index (χ2v) is 6.72. The van der Waals surface area contributed by atoms with E-state index in [9.17, 15) is 0 Å². The third kappa shape index (κ3) is 3.38. The summed E-state index contributed by atoms with van der Waals surface area (Å²) in [5.41, 5.74) is 6.22. The van der Waals surface area contributed by atoms with Crippen LogP contribution in [-0.4, -0.2) is 29.3 Å². The number of aromatic nitrogens is 1. The van der Waals surface area contributed by atoms with Crippen LogP contribution in [0.2, 0.25) is 5.02 Å². The summed E-state index contributed by atoms with van der Waals surface area (Å²) in [6, 6.07) is 1.97. The van der Waals surface area contributed by atoms with Crippen LogP contribution in [0.5, 0.6) is 0 Å². The van der Waals surface area contributed by atoms with Gasteiger partial charge in [-0.2, -0.15) is 0 Å². The van der Waals surface area contributed by atoms with Crippen LogP contribution >= 0.6 is 11.6 Å². The molecule has 0 atom stereocenters. The average Bonchev–Trinajstić information content (AvgIpc) is 2.25. The molecule has 0 radical (unpaired) electrons. The van der Waals surface area contributed by atoms with Crippen molar-refractivity contribution >= 4 is 17.4 Å². The van der Waals surface area contributed by atoms with Gasteiger partial charge < -0.3 is 15.4 Å². The lowest BCUT2D eigenvalue weighted by atomic mass is 9.99. The molecule has 1 fully saturated rings. The summed E-state index contributed by atoms with van der Waals surface area (Å²) in [5.74, 6) is 0.911. The fourth-order valence-electron chi connectivity index (χ4n) is 2.75. The fourth-order valence-corrected chi connectivity index (χ4v) is 2.93. The standard InChI is InChI=1S/C14H22ClN3O/c1-13(2)8-18(9-14(3,4)19-13)12-5-10(6-16)11(15)7-17-12/h5,7H,6,8-9,16H2,1-4H3. The summed E-state index contributed by atoms with van der Waals surface area (Å²) < 4.78 is 6.07. The highest BCUT2D eigenvalue weighted by Gasteiger charge is 2.38. The molecular formula is C14H22ClN3O. The molecule has 19 heavy (non-hydrogen) atoms. The van der Waals surface area contributed by atoms with E-state index in [1.54, 1.807) is 6.20 Å². The van der Waals surface area contributed by atoms with E-state index in [1.807, 2.05) is 6.07 Å². The minimum absolute atomic E-state index is 0.202. The summed E-state index contributed by atoms with van der Waals surface area (Å²) in [7, 11) is 0. The number of anilines is 1. The average molecular weight is 284 g/mol. The van der Waals surface area contributed by atoms with E-state index < -0.39 is 0 Å². The number of halogens is 1. The van der Waals surface area contributed by atoms with Crippen LogP contribution in [0, 0.1) is 0 Å². The van der Waals surface area contributed by atoms with Crippen LogP contribution in [0.3, 0.4) is 0 Å². The topological polar surface area (TPSA) is 51.4 Å². The first-order chi connectivity index (χ1) is 8.72. The van der Waals surface area contributed by atoms with E-state index in [0.29, 0.717) is 11.6 Å². The van der Waals surface area contributed by atoms with Gasteiger partial charge in [0.2, 0.25) is 0 Å². The molecule has 2 heterocycles. The number of ether oxygens (including phenoxy) is 1. The largest absolute Gasteiger partial charge is 0.366 e. The van der Waals surface area contributed by atoms with Crippen molar-refractivity contribution in [3.05, 3.63) is 22.8 Å². The van der Waals surface area contributed by atoms with Crippen molar-refractivity contribution in [2.75, 3.05) is 18.0 Å². The van der Waals surface area contributed by atoms with Crippen LogP contribution in [0.1, 0.15) is 33.3 Å². The normalized spacial score (nSPS) is 21.5. The molecule has 0 amide bonds. The van der Waals surface area contributed by atoms with E-state index in [0.717, 1.165) is 24.5 Å². The SMILES string of the molecule is CC1(C)CN(c2cc(CN)c(Cl)cn2)CC(C)(C)O1. The van der Waals surface area contributed by atoms with Crippen LogP contribution in [0.15, 0.2) is 12.3 Å². The van der Waals surface area contributed by atoms with E-state index in [4.69, 9.17) is 22.1 Å². The lowest BCUT2D eigenvalue weighted by molar-refractivity contribution is -0.133. The maximum absolute atomic E-state index is 6.07. The Morgan fingerprint density at radius 1 is 1.32 bits per heavy atom. The zero-order valence-corrected chi connectivity index (χ0v) is 12.8. The van der Waals surface area contributed by atoms with Crippen molar-refractivity contribution < 1.29 is 4.74 Å². The number of rotatable bonds is 2. The van der Waals surface area contributed by atoms with Gasteiger partial charge in [0.15, 0.2) is 0 Å². The smallest absolute Gasteiger partial charge is 0.129 e. The highest BCUT2D eigenvalue weighted by Crippen LogP contribution is 2.31. The third-order valence-corrected chi connectivity index (χ3v) is 3.50. The molecule has 2 rings (SSSR count). The van der Waals surface area contributed by atoms with Crippen LogP contribution in [0.4, 0.5) is 5.82 Å². The minimum atomic E-state index is -0.202. The van der Waals surface area contributed by atoms with Crippen molar-refractivity contribution in [2.45, 2.75) is 45.4 Å². The molecule has 4 nitrogen and oxygen atoms in total. The molecular weight excluding hydrogens is 262 g/mol. The van der Waals surface area contributed by atoms with E-state index in [1.165, 1.54) is 0 Å². The zero-order chi connectivity index (χ0) is 14.3. The number of nitrogens with two attached hydrogens (primary N) is 1. The molecule has 2 N–H and O–H groups in total. The Hall–Kier alpha value is -0.840. The molecule has 1 aromatic rings. The number of morpholine rings is 1. The lowest BCUT2D eigenvalue weighted by Crippen LogP contribution is -2.57. The van der Waals surface area contributed by atoms with Crippen LogP contribution < -0.4 is 10.6 Å². The van der Waals surface area contributed by atoms with Crippen LogP contribution in [0.25, 0.3) is 0 Å². The predicted molar refractivity (Wildman–Crippen MR) is 78.6 cm³/mol. The van der Waals surface area contributed by atoms with Gasteiger partial charge in [0.05, 0.1) is 16.2 Å². The Bertz CT molecular complexity index is 458. The minimum Gasteiger partial charge on any atom is -0.366 e. The molecule has 0 unspecified atom stereocenters. The van der Waals surface area contributed by atoms with Crippen LogP contribution in [-0.2, 0) is 11.3 Å². The third-order valence-electron chi connectivity index (χ3n) is 3.16. The van der Waals surface area contributed by atoms with Gasteiger partial charge >= 0.3 is 0 Å². The van der Waals surface area contributed by atoms with Crippen molar-refractivity contribution in [1.29, 1.82) is 0 Å². The summed E-state index contributed by atoms with van der Waals surface area (Å²) in [6.45, 7) is 10.4. The van der Waals surface area contributed by atoms with Gasteiger partial charge in [0, 0.05) is 25.8 Å². The Labute approximate surface area is 119 Å². The van der Waals surface area contributed by atoms with E-state index >= 15 is 0 Å². The molecule has 0 saturated carbocycles. The van der Waals surface area contributed by atoms with Gasteiger partial charge in [-0.3, -0.25) is 0 Å². The van der Waals surface area contributed by atoms with Gasteiger partial charge in [-0.05, 0) is 39.3 Å². The summed E-state index contributed by atoms with van der Waals surface area (Å²) >= 11 is 6.06. The number of hydrogen-bond donors (Lipinski definition) is 1. The van der Waals surface area contributed by atoms with Gasteiger partial charge in [0.25, 0.3) is 0 Å². The Kier molecular flexibility index (Phi) is 3.78. The highest BCUT2D eigenvalue weighted by atomic mass is 35.5. The second kappa shape index (κ2) is 4.93. The summed E-state index contributed by atoms with van der Waals surface area (Å²) in [5, 5.41) is 0.623. The highest BCUT2D eigenvalue weighted by molar-refractivity contribution is 6.31. The number of pyridine rings is 1. The van der Waals surface area contributed by atoms with Crippen molar-refractivity contribution in [1.82, 2.24) is 4.98 Å². The first-order valence-electron chi connectivity index (χ1n) is 6.52. The lowest BCUT2D eigenvalue weighted by Gasteiger charge is -2.47. The molecule has 0 spiro atoms. The maximum Gasteiger partial charge on any atom is 0.129 e.